The monoisotopic (exact) mass is 411 g/mol. The van der Waals surface area contributed by atoms with Gasteiger partial charge in [0.2, 0.25) is 5.91 Å². The second-order valence-corrected chi connectivity index (χ2v) is 6.75. The van der Waals surface area contributed by atoms with Crippen LogP contribution in [0.3, 0.4) is 0 Å². The molecule has 0 radical (unpaired) electrons. The average Bonchev–Trinajstić information content (AvgIpc) is 2.77. The van der Waals surface area contributed by atoms with Crippen LogP contribution in [0.5, 0.6) is 11.5 Å². The number of hydrogen-bond donors (Lipinski definition) is 2. The lowest BCUT2D eigenvalue weighted by Gasteiger charge is -2.08. The molecule has 0 fully saturated rings. The van der Waals surface area contributed by atoms with E-state index >= 15 is 0 Å². The van der Waals surface area contributed by atoms with E-state index in [1.54, 1.807) is 56.7 Å². The average molecular weight is 412 g/mol. The Labute approximate surface area is 177 Å². The molecule has 0 aliphatic rings. The highest BCUT2D eigenvalue weighted by Crippen LogP contribution is 2.23. The minimum atomic E-state index is -0.377. The highest BCUT2D eigenvalue weighted by molar-refractivity contribution is 5.97. The Hall–Kier alpha value is -3.35. The summed E-state index contributed by atoms with van der Waals surface area (Å²) >= 11 is 0. The summed E-state index contributed by atoms with van der Waals surface area (Å²) in [7, 11) is 3.13. The predicted octanol–water partition coefficient (Wildman–Crippen LogP) is 4.38. The predicted molar refractivity (Wildman–Crippen MR) is 118 cm³/mol. The molecule has 0 spiro atoms. The number of unbranched alkanes of at least 4 members (excludes halogenated alkanes) is 3. The zero-order valence-electron chi connectivity index (χ0n) is 17.7. The quantitative estimate of drug-likeness (QED) is 0.326. The zero-order valence-corrected chi connectivity index (χ0v) is 17.7. The summed E-state index contributed by atoms with van der Waals surface area (Å²) in [4.78, 5) is 24.4. The molecule has 7 heteroatoms. The van der Waals surface area contributed by atoms with Gasteiger partial charge in [-0.05, 0) is 36.8 Å². The van der Waals surface area contributed by atoms with E-state index in [1.165, 1.54) is 6.21 Å². The fourth-order valence-corrected chi connectivity index (χ4v) is 2.82. The van der Waals surface area contributed by atoms with Crippen LogP contribution in [0, 0.1) is 0 Å². The molecule has 0 aliphatic heterocycles. The summed E-state index contributed by atoms with van der Waals surface area (Å²) in [5, 5.41) is 6.83. The summed E-state index contributed by atoms with van der Waals surface area (Å²) in [5.74, 6) is 0.819. The molecule has 2 N–H and O–H groups in total. The van der Waals surface area contributed by atoms with Crippen LogP contribution < -0.4 is 20.2 Å². The van der Waals surface area contributed by atoms with Crippen molar-refractivity contribution in [2.45, 2.75) is 39.0 Å². The molecule has 2 aromatic rings. The van der Waals surface area contributed by atoms with Gasteiger partial charge in [-0.3, -0.25) is 9.59 Å². The number of carbonyl (C=O) groups excluding carboxylic acids is 2. The molecule has 0 heterocycles. The highest BCUT2D eigenvalue weighted by Gasteiger charge is 2.08. The van der Waals surface area contributed by atoms with Crippen LogP contribution in [0.4, 0.5) is 5.69 Å². The van der Waals surface area contributed by atoms with Crippen molar-refractivity contribution in [3.8, 4) is 11.5 Å². The summed E-state index contributed by atoms with van der Waals surface area (Å²) in [5.41, 5.74) is 4.17. The van der Waals surface area contributed by atoms with E-state index in [0.717, 1.165) is 25.7 Å². The lowest BCUT2D eigenvalue weighted by Crippen LogP contribution is -2.18. The fourth-order valence-electron chi connectivity index (χ4n) is 2.82. The molecule has 0 atom stereocenters. The molecule has 0 saturated carbocycles. The van der Waals surface area contributed by atoms with Crippen molar-refractivity contribution in [2.75, 3.05) is 19.5 Å². The van der Waals surface area contributed by atoms with Crippen molar-refractivity contribution >= 4 is 23.7 Å². The van der Waals surface area contributed by atoms with Crippen molar-refractivity contribution < 1.29 is 19.1 Å². The molecule has 2 aromatic carbocycles. The zero-order chi connectivity index (χ0) is 21.8. The first-order valence-corrected chi connectivity index (χ1v) is 10.0. The number of hydrazone groups is 1. The first-order valence-electron chi connectivity index (χ1n) is 10.0. The van der Waals surface area contributed by atoms with Crippen LogP contribution in [-0.4, -0.2) is 32.2 Å². The van der Waals surface area contributed by atoms with Gasteiger partial charge >= 0.3 is 0 Å². The van der Waals surface area contributed by atoms with Gasteiger partial charge in [-0.15, -0.1) is 0 Å². The number of nitrogens with one attached hydrogen (secondary N) is 2. The van der Waals surface area contributed by atoms with Crippen LogP contribution in [0.1, 0.15) is 54.9 Å². The van der Waals surface area contributed by atoms with Gasteiger partial charge in [0.25, 0.3) is 5.91 Å². The third kappa shape index (κ3) is 7.24. The van der Waals surface area contributed by atoms with E-state index < -0.39 is 0 Å². The molecule has 0 aliphatic carbocycles. The van der Waals surface area contributed by atoms with Crippen LogP contribution in [0.15, 0.2) is 47.6 Å². The third-order valence-electron chi connectivity index (χ3n) is 4.48. The number of amides is 2. The molecule has 30 heavy (non-hydrogen) atoms. The van der Waals surface area contributed by atoms with Gasteiger partial charge in [0.05, 0.1) is 20.4 Å². The van der Waals surface area contributed by atoms with Gasteiger partial charge in [-0.25, -0.2) is 5.43 Å². The van der Waals surface area contributed by atoms with Crippen molar-refractivity contribution in [1.29, 1.82) is 0 Å². The maximum atomic E-state index is 12.4. The summed E-state index contributed by atoms with van der Waals surface area (Å²) in [6, 6.07) is 12.1. The van der Waals surface area contributed by atoms with Gasteiger partial charge in [-0.2, -0.15) is 5.10 Å². The minimum absolute atomic E-state index is 0.0479. The van der Waals surface area contributed by atoms with E-state index in [-0.39, 0.29) is 11.8 Å². The first kappa shape index (κ1) is 22.9. The van der Waals surface area contributed by atoms with Crippen molar-refractivity contribution in [3.05, 3.63) is 53.6 Å². The van der Waals surface area contributed by atoms with Gasteiger partial charge in [0.15, 0.2) is 0 Å². The lowest BCUT2D eigenvalue weighted by atomic mass is 10.1. The Morgan fingerprint density at radius 1 is 1.03 bits per heavy atom. The smallest absolute Gasteiger partial charge is 0.271 e. The van der Waals surface area contributed by atoms with E-state index in [4.69, 9.17) is 9.47 Å². The Kier molecular flexibility index (Phi) is 9.37. The third-order valence-corrected chi connectivity index (χ3v) is 4.48. The van der Waals surface area contributed by atoms with Crippen LogP contribution >= 0.6 is 0 Å². The molecule has 7 nitrogen and oxygen atoms in total. The molecular weight excluding hydrogens is 382 g/mol. The summed E-state index contributed by atoms with van der Waals surface area (Å²) in [6.45, 7) is 2.13. The van der Waals surface area contributed by atoms with Crippen LogP contribution in [0.25, 0.3) is 0 Å². The number of ether oxygens (including phenoxy) is 2. The summed E-state index contributed by atoms with van der Waals surface area (Å²) in [6.07, 6.45) is 6.15. The molecule has 0 saturated heterocycles. The van der Waals surface area contributed by atoms with E-state index in [1.807, 2.05) is 0 Å². The SMILES string of the molecule is CCCCCCC(=O)Nc1cccc(C(=O)N/N=C/c2ccc(OC)cc2OC)c1. The van der Waals surface area contributed by atoms with Crippen LogP contribution in [0.2, 0.25) is 0 Å². The molecule has 0 unspecified atom stereocenters. The highest BCUT2D eigenvalue weighted by atomic mass is 16.5. The standard InChI is InChI=1S/C23H29N3O4/c1-4-5-6-7-11-22(27)25-19-10-8-9-17(14-19)23(28)26-24-16-18-12-13-20(29-2)15-21(18)30-3/h8-10,12-16H,4-7,11H2,1-3H3,(H,25,27)(H,26,28)/b24-16+. The van der Waals surface area contributed by atoms with Crippen molar-refractivity contribution in [3.63, 3.8) is 0 Å². The van der Waals surface area contributed by atoms with Crippen LogP contribution in [-0.2, 0) is 4.79 Å². The number of hydrogen-bond acceptors (Lipinski definition) is 5. The first-order chi connectivity index (χ1) is 14.6. The largest absolute Gasteiger partial charge is 0.497 e. The molecular formula is C23H29N3O4. The topological polar surface area (TPSA) is 89.0 Å². The maximum Gasteiger partial charge on any atom is 0.271 e. The van der Waals surface area contributed by atoms with E-state index in [0.29, 0.717) is 34.7 Å². The second-order valence-electron chi connectivity index (χ2n) is 6.75. The number of rotatable bonds is 11. The number of methoxy groups -OCH3 is 2. The Bertz CT molecular complexity index is 881. The Balaban J connectivity index is 1.94. The minimum Gasteiger partial charge on any atom is -0.497 e. The fraction of sp³-hybridized carbons (Fsp3) is 0.348. The normalized spacial score (nSPS) is 10.6. The Morgan fingerprint density at radius 2 is 1.87 bits per heavy atom. The number of anilines is 1. The molecule has 0 aromatic heterocycles. The van der Waals surface area contributed by atoms with Crippen molar-refractivity contribution in [2.24, 2.45) is 5.10 Å². The molecule has 2 amide bonds. The van der Waals surface area contributed by atoms with Gasteiger partial charge in [0.1, 0.15) is 11.5 Å². The number of nitrogens with zero attached hydrogens (tertiary/aromatic N) is 1. The maximum absolute atomic E-state index is 12.4. The molecule has 160 valence electrons. The number of carbonyl (C=O) groups is 2. The van der Waals surface area contributed by atoms with E-state index in [9.17, 15) is 9.59 Å². The number of benzene rings is 2. The van der Waals surface area contributed by atoms with Gasteiger partial charge in [0, 0.05) is 29.3 Å². The van der Waals surface area contributed by atoms with E-state index in [2.05, 4.69) is 22.8 Å². The lowest BCUT2D eigenvalue weighted by molar-refractivity contribution is -0.116. The van der Waals surface area contributed by atoms with Crippen molar-refractivity contribution in [1.82, 2.24) is 5.43 Å². The Morgan fingerprint density at radius 3 is 2.60 bits per heavy atom. The second kappa shape index (κ2) is 12.3. The molecule has 2 rings (SSSR count). The van der Waals surface area contributed by atoms with Gasteiger partial charge in [-0.1, -0.05) is 32.3 Å². The summed E-state index contributed by atoms with van der Waals surface area (Å²) < 4.78 is 10.5. The molecule has 0 bridgehead atoms. The van der Waals surface area contributed by atoms with Gasteiger partial charge < -0.3 is 14.8 Å².